The summed E-state index contributed by atoms with van der Waals surface area (Å²) in [6, 6.07) is 6.30. The highest BCUT2D eigenvalue weighted by Crippen LogP contribution is 2.36. The molecule has 2 rings (SSSR count). The van der Waals surface area contributed by atoms with Crippen molar-refractivity contribution in [3.63, 3.8) is 0 Å². The molecule has 0 spiro atoms. The zero-order valence-electron chi connectivity index (χ0n) is 10.8. The first kappa shape index (κ1) is 14.4. The summed E-state index contributed by atoms with van der Waals surface area (Å²) in [5, 5.41) is 1.09. The molecular weight excluding hydrogens is 356 g/mol. The van der Waals surface area contributed by atoms with E-state index in [1.165, 1.54) is 31.2 Å². The van der Waals surface area contributed by atoms with Crippen LogP contribution in [-0.2, 0) is 6.42 Å². The van der Waals surface area contributed by atoms with Gasteiger partial charge in [-0.2, -0.15) is 0 Å². The molecule has 0 saturated heterocycles. The van der Waals surface area contributed by atoms with Gasteiger partial charge in [0, 0.05) is 9.80 Å². The summed E-state index contributed by atoms with van der Waals surface area (Å²) in [5.74, 6) is 2.63. The highest BCUT2D eigenvalue weighted by atomic mass is 79.9. The van der Waals surface area contributed by atoms with Crippen molar-refractivity contribution in [2.45, 2.75) is 32.1 Å². The van der Waals surface area contributed by atoms with Gasteiger partial charge in [-0.1, -0.05) is 57.5 Å². The fourth-order valence-corrected chi connectivity index (χ4v) is 4.13. The minimum absolute atomic E-state index is 0.732. The highest BCUT2D eigenvalue weighted by molar-refractivity contribution is 9.10. The van der Waals surface area contributed by atoms with E-state index in [0.29, 0.717) is 0 Å². The molecule has 1 aliphatic rings. The van der Waals surface area contributed by atoms with Gasteiger partial charge in [0.1, 0.15) is 5.75 Å². The van der Waals surface area contributed by atoms with Gasteiger partial charge in [-0.25, -0.2) is 0 Å². The second kappa shape index (κ2) is 6.95. The minimum atomic E-state index is 0.732. The predicted molar refractivity (Wildman–Crippen MR) is 83.6 cm³/mol. The van der Waals surface area contributed by atoms with E-state index in [4.69, 9.17) is 4.74 Å². The van der Waals surface area contributed by atoms with E-state index >= 15 is 0 Å². The lowest BCUT2D eigenvalue weighted by atomic mass is 9.87. The van der Waals surface area contributed by atoms with E-state index in [0.717, 1.165) is 33.8 Å². The smallest absolute Gasteiger partial charge is 0.122 e. The Kier molecular flexibility index (Phi) is 5.56. The molecule has 3 heteroatoms. The Balaban J connectivity index is 2.12. The van der Waals surface area contributed by atoms with E-state index in [1.54, 1.807) is 7.11 Å². The van der Waals surface area contributed by atoms with Crippen molar-refractivity contribution in [1.29, 1.82) is 0 Å². The molecule has 0 amide bonds. The van der Waals surface area contributed by atoms with Crippen LogP contribution in [0.25, 0.3) is 0 Å². The molecule has 1 aromatic rings. The normalized spacial score (nSPS) is 17.9. The zero-order chi connectivity index (χ0) is 13.0. The molecule has 0 N–H and O–H groups in total. The van der Waals surface area contributed by atoms with Gasteiger partial charge in [0.2, 0.25) is 0 Å². The van der Waals surface area contributed by atoms with Gasteiger partial charge in [0.25, 0.3) is 0 Å². The molecule has 1 aliphatic carbocycles. The molecule has 0 bridgehead atoms. The Hall–Kier alpha value is -0.0200. The zero-order valence-corrected chi connectivity index (χ0v) is 14.0. The van der Waals surface area contributed by atoms with Gasteiger partial charge < -0.3 is 4.74 Å². The Bertz CT molecular complexity index is 386. The summed E-state index contributed by atoms with van der Waals surface area (Å²) in [6.07, 6.45) is 6.71. The van der Waals surface area contributed by atoms with E-state index in [9.17, 15) is 0 Å². The maximum absolute atomic E-state index is 5.47. The Labute approximate surface area is 127 Å². The average molecular weight is 376 g/mol. The first-order valence-electron chi connectivity index (χ1n) is 6.63. The van der Waals surface area contributed by atoms with Crippen LogP contribution in [0.2, 0.25) is 0 Å². The molecule has 0 aliphatic heterocycles. The number of rotatable bonds is 5. The third-order valence-electron chi connectivity index (χ3n) is 3.99. The second-order valence-electron chi connectivity index (χ2n) is 5.12. The molecule has 0 aromatic heterocycles. The van der Waals surface area contributed by atoms with Gasteiger partial charge in [-0.3, -0.25) is 0 Å². The molecule has 1 unspecified atom stereocenters. The quantitative estimate of drug-likeness (QED) is 0.642. The van der Waals surface area contributed by atoms with Crippen molar-refractivity contribution >= 4 is 31.9 Å². The van der Waals surface area contributed by atoms with Crippen LogP contribution in [0.5, 0.6) is 5.75 Å². The number of hydrogen-bond donors (Lipinski definition) is 0. The Morgan fingerprint density at radius 3 is 2.67 bits per heavy atom. The second-order valence-corrected chi connectivity index (χ2v) is 6.68. The number of alkyl halides is 1. The van der Waals surface area contributed by atoms with E-state index in [-0.39, 0.29) is 0 Å². The largest absolute Gasteiger partial charge is 0.496 e. The maximum Gasteiger partial charge on any atom is 0.122 e. The summed E-state index contributed by atoms with van der Waals surface area (Å²) < 4.78 is 6.61. The molecule has 18 heavy (non-hydrogen) atoms. The summed E-state index contributed by atoms with van der Waals surface area (Å²) >= 11 is 7.25. The van der Waals surface area contributed by atoms with Crippen LogP contribution in [0.4, 0.5) is 0 Å². The SMILES string of the molecule is COc1ccc(Br)cc1CC(CBr)C1CCCC1. The number of benzene rings is 1. The van der Waals surface area contributed by atoms with Crippen molar-refractivity contribution in [3.05, 3.63) is 28.2 Å². The number of methoxy groups -OCH3 is 1. The van der Waals surface area contributed by atoms with Crippen LogP contribution in [0.3, 0.4) is 0 Å². The molecule has 0 radical (unpaired) electrons. The fourth-order valence-electron chi connectivity index (χ4n) is 2.97. The number of halogens is 2. The van der Waals surface area contributed by atoms with Crippen LogP contribution in [0.1, 0.15) is 31.2 Å². The van der Waals surface area contributed by atoms with Crippen molar-refractivity contribution in [2.24, 2.45) is 11.8 Å². The van der Waals surface area contributed by atoms with E-state index in [2.05, 4.69) is 44.0 Å². The first-order valence-corrected chi connectivity index (χ1v) is 8.54. The summed E-state index contributed by atoms with van der Waals surface area (Å²) in [4.78, 5) is 0. The minimum Gasteiger partial charge on any atom is -0.496 e. The summed E-state index contributed by atoms with van der Waals surface area (Å²) in [5.41, 5.74) is 1.32. The predicted octanol–water partition coefficient (Wildman–Crippen LogP) is 5.20. The van der Waals surface area contributed by atoms with Crippen molar-refractivity contribution in [1.82, 2.24) is 0 Å². The lowest BCUT2D eigenvalue weighted by Gasteiger charge is -2.22. The molecule has 1 atom stereocenters. The molecule has 100 valence electrons. The maximum atomic E-state index is 5.47. The van der Waals surface area contributed by atoms with Gasteiger partial charge >= 0.3 is 0 Å². The topological polar surface area (TPSA) is 9.23 Å². The van der Waals surface area contributed by atoms with Crippen LogP contribution in [0, 0.1) is 11.8 Å². The molecular formula is C15H20Br2O. The fraction of sp³-hybridized carbons (Fsp3) is 0.600. The number of ether oxygens (including phenoxy) is 1. The summed E-state index contributed by atoms with van der Waals surface area (Å²) in [6.45, 7) is 0. The van der Waals surface area contributed by atoms with Crippen LogP contribution in [0.15, 0.2) is 22.7 Å². The molecule has 1 aromatic carbocycles. The monoisotopic (exact) mass is 374 g/mol. The van der Waals surface area contributed by atoms with Crippen molar-refractivity contribution in [2.75, 3.05) is 12.4 Å². The van der Waals surface area contributed by atoms with E-state index < -0.39 is 0 Å². The van der Waals surface area contributed by atoms with Gasteiger partial charge in [-0.05, 0) is 42.0 Å². The average Bonchev–Trinajstić information content (AvgIpc) is 2.90. The summed E-state index contributed by atoms with van der Waals surface area (Å²) in [7, 11) is 1.76. The van der Waals surface area contributed by atoms with Crippen LogP contribution in [-0.4, -0.2) is 12.4 Å². The third-order valence-corrected chi connectivity index (χ3v) is 5.31. The van der Waals surface area contributed by atoms with Crippen LogP contribution < -0.4 is 4.74 Å². The standard InChI is InChI=1S/C15H20Br2O/c1-18-15-7-6-14(17)9-12(15)8-13(10-16)11-4-2-3-5-11/h6-7,9,11,13H,2-5,8,10H2,1H3. The van der Waals surface area contributed by atoms with Crippen molar-refractivity contribution in [3.8, 4) is 5.75 Å². The van der Waals surface area contributed by atoms with Gasteiger partial charge in [0.05, 0.1) is 7.11 Å². The van der Waals surface area contributed by atoms with Crippen LogP contribution >= 0.6 is 31.9 Å². The number of hydrogen-bond acceptors (Lipinski definition) is 1. The molecule has 1 saturated carbocycles. The Morgan fingerprint density at radius 1 is 1.33 bits per heavy atom. The lowest BCUT2D eigenvalue weighted by Crippen LogP contribution is -2.16. The Morgan fingerprint density at radius 2 is 2.06 bits per heavy atom. The lowest BCUT2D eigenvalue weighted by molar-refractivity contribution is 0.361. The molecule has 1 fully saturated rings. The molecule has 0 heterocycles. The van der Waals surface area contributed by atoms with E-state index in [1.807, 2.05) is 6.07 Å². The van der Waals surface area contributed by atoms with Crippen molar-refractivity contribution < 1.29 is 4.74 Å². The van der Waals surface area contributed by atoms with Gasteiger partial charge in [-0.15, -0.1) is 0 Å². The first-order chi connectivity index (χ1) is 8.74. The van der Waals surface area contributed by atoms with Gasteiger partial charge in [0.15, 0.2) is 0 Å². The molecule has 1 nitrogen and oxygen atoms in total. The highest BCUT2D eigenvalue weighted by Gasteiger charge is 2.25. The third kappa shape index (κ3) is 3.51.